The van der Waals surface area contributed by atoms with Crippen molar-refractivity contribution in [3.8, 4) is 11.5 Å². The molecule has 1 aliphatic heterocycles. The molecule has 0 bridgehead atoms. The molecule has 0 N–H and O–H groups in total. The minimum absolute atomic E-state index is 0.162. The highest BCUT2D eigenvalue weighted by Crippen LogP contribution is 2.43. The first-order valence-corrected chi connectivity index (χ1v) is 14.7. The van der Waals surface area contributed by atoms with Crippen LogP contribution in [-0.4, -0.2) is 17.6 Å². The molecule has 1 aliphatic carbocycles. The van der Waals surface area contributed by atoms with Gasteiger partial charge in [-0.05, 0) is 64.2 Å². The summed E-state index contributed by atoms with van der Waals surface area (Å²) in [6.45, 7) is 1.35. The first-order chi connectivity index (χ1) is 18.9. The molecule has 2 heterocycles. The molecule has 0 saturated carbocycles. The number of aryl methyl sites for hydroxylation is 1. The minimum Gasteiger partial charge on any atom is -0.496 e. The van der Waals surface area contributed by atoms with Gasteiger partial charge < -0.3 is 9.47 Å². The maximum Gasteiger partial charge on any atom is 0.308 e. The lowest BCUT2D eigenvalue weighted by atomic mass is 9.83. The van der Waals surface area contributed by atoms with Crippen LogP contribution in [0.4, 0.5) is 0 Å². The van der Waals surface area contributed by atoms with Crippen LogP contribution < -0.4 is 24.4 Å². The van der Waals surface area contributed by atoms with Gasteiger partial charge in [-0.15, -0.1) is 0 Å². The summed E-state index contributed by atoms with van der Waals surface area (Å²) in [4.78, 5) is 31.6. The third kappa shape index (κ3) is 4.62. The Morgan fingerprint density at radius 3 is 2.67 bits per heavy atom. The van der Waals surface area contributed by atoms with Gasteiger partial charge in [0.15, 0.2) is 10.6 Å². The summed E-state index contributed by atoms with van der Waals surface area (Å²) < 4.78 is 14.9. The quantitative estimate of drug-likeness (QED) is 0.205. The number of benzene rings is 3. The molecule has 0 amide bonds. The minimum atomic E-state index is -0.448. The van der Waals surface area contributed by atoms with Gasteiger partial charge in [0, 0.05) is 28.1 Å². The predicted molar refractivity (Wildman–Crippen MR) is 159 cm³/mol. The van der Waals surface area contributed by atoms with E-state index in [0.717, 1.165) is 45.5 Å². The highest BCUT2D eigenvalue weighted by atomic mass is 79.9. The molecule has 0 fully saturated rings. The van der Waals surface area contributed by atoms with E-state index >= 15 is 0 Å². The number of rotatable bonds is 4. The number of methoxy groups -OCH3 is 1. The van der Waals surface area contributed by atoms with E-state index in [1.165, 1.54) is 23.8 Å². The van der Waals surface area contributed by atoms with Crippen molar-refractivity contribution in [1.29, 1.82) is 0 Å². The highest BCUT2D eigenvalue weighted by Gasteiger charge is 2.34. The molecular weight excluding hydrogens is 644 g/mol. The molecule has 3 aromatic carbocycles. The fraction of sp³-hybridized carbons (Fsp3) is 0.167. The Bertz CT molecular complexity index is 1870. The van der Waals surface area contributed by atoms with Crippen molar-refractivity contribution in [2.24, 2.45) is 4.99 Å². The summed E-state index contributed by atoms with van der Waals surface area (Å²) in [5.41, 5.74) is 5.73. The van der Waals surface area contributed by atoms with Crippen LogP contribution in [0.15, 0.2) is 85.0 Å². The Morgan fingerprint density at radius 2 is 1.87 bits per heavy atom. The maximum absolute atomic E-state index is 14.1. The summed E-state index contributed by atoms with van der Waals surface area (Å²) >= 11 is 8.31. The molecule has 9 heteroatoms. The zero-order valence-electron chi connectivity index (χ0n) is 21.0. The van der Waals surface area contributed by atoms with Crippen LogP contribution in [0.25, 0.3) is 11.8 Å². The van der Waals surface area contributed by atoms with Crippen molar-refractivity contribution < 1.29 is 14.3 Å². The summed E-state index contributed by atoms with van der Waals surface area (Å²) in [6.07, 6.45) is 3.42. The second kappa shape index (κ2) is 10.4. The summed E-state index contributed by atoms with van der Waals surface area (Å²) in [7, 11) is 1.65. The van der Waals surface area contributed by atoms with Crippen LogP contribution in [0.1, 0.15) is 41.6 Å². The standard InChI is InChI=1S/C30H22Br2N2O4S/c1-16(35)38-28-18(13-19(31)15-23(28)32)14-25-29(36)34-27(21-9-5-6-10-24(21)37-2)22-12-11-17-7-3-4-8-20(17)26(22)33-30(34)39-25/h3-10,13-15,27H,11-12H2,1-2H3/b25-14+/t27-/m0/s1. The van der Waals surface area contributed by atoms with Crippen molar-refractivity contribution in [2.45, 2.75) is 25.8 Å². The zero-order valence-corrected chi connectivity index (χ0v) is 25.0. The van der Waals surface area contributed by atoms with Gasteiger partial charge >= 0.3 is 5.97 Å². The third-order valence-corrected chi connectivity index (χ3v) is 8.91. The number of halogens is 2. The fourth-order valence-corrected chi connectivity index (χ4v) is 7.60. The van der Waals surface area contributed by atoms with Gasteiger partial charge in [-0.3, -0.25) is 14.2 Å². The molecule has 196 valence electrons. The predicted octanol–water partition coefficient (Wildman–Crippen LogP) is 5.78. The number of fused-ring (bicyclic) bond motifs is 3. The Hall–Kier alpha value is -3.27. The molecule has 1 atom stereocenters. The van der Waals surface area contributed by atoms with Gasteiger partial charge in [0.25, 0.3) is 5.56 Å². The van der Waals surface area contributed by atoms with Crippen molar-refractivity contribution in [2.75, 3.05) is 7.11 Å². The van der Waals surface area contributed by atoms with Crippen molar-refractivity contribution in [1.82, 2.24) is 4.57 Å². The molecule has 6 nitrogen and oxygen atoms in total. The Balaban J connectivity index is 1.64. The second-order valence-corrected chi connectivity index (χ2v) is 12.0. The lowest BCUT2D eigenvalue weighted by molar-refractivity contribution is -0.131. The number of carbonyl (C=O) groups is 1. The van der Waals surface area contributed by atoms with E-state index in [1.807, 2.05) is 36.4 Å². The van der Waals surface area contributed by atoms with Crippen LogP contribution in [-0.2, 0) is 11.2 Å². The summed E-state index contributed by atoms with van der Waals surface area (Å²) in [5, 5.41) is 0. The van der Waals surface area contributed by atoms with Crippen molar-refractivity contribution in [3.63, 3.8) is 0 Å². The Morgan fingerprint density at radius 1 is 1.10 bits per heavy atom. The van der Waals surface area contributed by atoms with Gasteiger partial charge in [-0.2, -0.15) is 0 Å². The van der Waals surface area contributed by atoms with Crippen LogP contribution in [0.3, 0.4) is 0 Å². The van der Waals surface area contributed by atoms with Crippen molar-refractivity contribution >= 4 is 60.9 Å². The normalized spacial score (nSPS) is 16.2. The molecule has 1 aromatic heterocycles. The van der Waals surface area contributed by atoms with Crippen molar-refractivity contribution in [3.05, 3.63) is 117 Å². The number of hydrogen-bond donors (Lipinski definition) is 0. The number of thiazole rings is 1. The van der Waals surface area contributed by atoms with E-state index < -0.39 is 5.97 Å². The Kier molecular flexibility index (Phi) is 6.91. The number of aromatic nitrogens is 1. The van der Waals surface area contributed by atoms with Gasteiger partial charge in [0.05, 0.1) is 27.9 Å². The number of ether oxygens (including phenoxy) is 2. The van der Waals surface area contributed by atoms with E-state index in [0.29, 0.717) is 25.1 Å². The maximum atomic E-state index is 14.1. The van der Waals surface area contributed by atoms with Crippen LogP contribution in [0, 0.1) is 0 Å². The molecule has 0 unspecified atom stereocenters. The van der Waals surface area contributed by atoms with Gasteiger partial charge in [-0.25, -0.2) is 4.99 Å². The van der Waals surface area contributed by atoms with Gasteiger partial charge in [0.2, 0.25) is 0 Å². The van der Waals surface area contributed by atoms with E-state index in [2.05, 4.69) is 50.1 Å². The molecule has 2 aliphatic rings. The molecule has 4 aromatic rings. The average Bonchev–Trinajstić information content (AvgIpc) is 3.23. The fourth-order valence-electron chi connectivity index (χ4n) is 5.27. The van der Waals surface area contributed by atoms with Crippen LogP contribution in [0.2, 0.25) is 0 Å². The Labute approximate surface area is 245 Å². The average molecular weight is 666 g/mol. The molecular formula is C30H22Br2N2O4S. The number of allylic oxidation sites excluding steroid dienone is 1. The van der Waals surface area contributed by atoms with Gasteiger partial charge in [0.1, 0.15) is 5.75 Å². The third-order valence-electron chi connectivity index (χ3n) is 6.88. The molecule has 39 heavy (non-hydrogen) atoms. The second-order valence-electron chi connectivity index (χ2n) is 9.26. The van der Waals surface area contributed by atoms with Crippen LogP contribution >= 0.6 is 43.2 Å². The smallest absolute Gasteiger partial charge is 0.308 e. The first-order valence-electron chi connectivity index (χ1n) is 12.3. The first kappa shape index (κ1) is 26.0. The van der Waals surface area contributed by atoms with E-state index in [4.69, 9.17) is 14.5 Å². The largest absolute Gasteiger partial charge is 0.496 e. The lowest BCUT2D eigenvalue weighted by Gasteiger charge is -2.31. The number of esters is 1. The molecule has 0 radical (unpaired) electrons. The molecule has 0 spiro atoms. The van der Waals surface area contributed by atoms with E-state index in [1.54, 1.807) is 23.8 Å². The van der Waals surface area contributed by atoms with Gasteiger partial charge in [-0.1, -0.05) is 69.7 Å². The summed E-state index contributed by atoms with van der Waals surface area (Å²) in [6, 6.07) is 19.4. The lowest BCUT2D eigenvalue weighted by Crippen LogP contribution is -2.39. The molecule has 0 saturated heterocycles. The number of hydrogen-bond acceptors (Lipinski definition) is 6. The highest BCUT2D eigenvalue weighted by molar-refractivity contribution is 9.11. The number of para-hydroxylation sites is 1. The molecule has 6 rings (SSSR count). The van der Waals surface area contributed by atoms with E-state index in [-0.39, 0.29) is 11.6 Å². The SMILES string of the molecule is COc1ccccc1[C@H]1C2=C(N=c3s/c(=C/c4cc(Br)cc(Br)c4OC(C)=O)c(=O)n31)c1ccccc1CC2. The topological polar surface area (TPSA) is 69.9 Å². The van der Waals surface area contributed by atoms with Crippen LogP contribution in [0.5, 0.6) is 11.5 Å². The summed E-state index contributed by atoms with van der Waals surface area (Å²) in [5.74, 6) is 0.625. The number of nitrogens with zero attached hydrogens (tertiary/aromatic N) is 2. The zero-order chi connectivity index (χ0) is 27.3. The monoisotopic (exact) mass is 664 g/mol. The van der Waals surface area contributed by atoms with E-state index in [9.17, 15) is 9.59 Å². The number of carbonyl (C=O) groups excluding carboxylic acids is 1.